The normalized spacial score (nSPS) is 18.0. The molecule has 0 aromatic carbocycles. The lowest BCUT2D eigenvalue weighted by atomic mass is 9.91. The first-order valence-corrected chi connectivity index (χ1v) is 7.42. The lowest BCUT2D eigenvalue weighted by Crippen LogP contribution is -2.29. The maximum atomic E-state index is 9.40. The Kier molecular flexibility index (Phi) is 4.30. The van der Waals surface area contributed by atoms with Crippen molar-refractivity contribution in [1.29, 1.82) is 5.26 Å². The van der Waals surface area contributed by atoms with E-state index in [-0.39, 0.29) is 6.10 Å². The number of hydrogen-bond donors (Lipinski definition) is 2. The van der Waals surface area contributed by atoms with E-state index in [2.05, 4.69) is 30.3 Å². The third-order valence-electron chi connectivity index (χ3n) is 3.41. The molecular weight excluding hydrogens is 260 g/mol. The Morgan fingerprint density at radius 3 is 2.79 bits per heavy atom. The minimum atomic E-state index is 0.141. The molecule has 0 saturated carbocycles. The Labute approximate surface area is 117 Å². The number of thioether (sulfide) groups is 1. The summed E-state index contributed by atoms with van der Waals surface area (Å²) in [6.45, 7) is 4.70. The Morgan fingerprint density at radius 2 is 2.26 bits per heavy atom. The number of hydrogen-bond acceptors (Lipinski definition) is 6. The van der Waals surface area contributed by atoms with E-state index in [1.165, 1.54) is 11.8 Å². The number of fused-ring (bicyclic) bond motifs is 1. The number of nitriles is 1. The molecule has 2 rings (SSSR count). The molecule has 5 nitrogen and oxygen atoms in total. The molecule has 1 atom stereocenters. The van der Waals surface area contributed by atoms with E-state index >= 15 is 0 Å². The number of rotatable bonds is 3. The molecule has 1 aromatic rings. The smallest absolute Gasteiger partial charge is 0.147 e. The number of hydrazine groups is 1. The second-order valence-corrected chi connectivity index (χ2v) is 5.65. The van der Waals surface area contributed by atoms with E-state index in [1.807, 2.05) is 6.26 Å². The Bertz CT molecular complexity index is 524. The molecule has 19 heavy (non-hydrogen) atoms. The number of anilines is 1. The number of ether oxygens (including phenoxy) is 1. The van der Waals surface area contributed by atoms with Gasteiger partial charge in [-0.05, 0) is 17.7 Å². The highest BCUT2D eigenvalue weighted by atomic mass is 32.2. The van der Waals surface area contributed by atoms with Gasteiger partial charge in [0.1, 0.15) is 16.9 Å². The standard InChI is InChI=1S/C13H18N4OS/c1-7(2)11-4-8-9(5-14)13(19-3)16-12(17-15)10(8)6-18-11/h7,11H,4,6,15H2,1-3H3,(H,16,17). The van der Waals surface area contributed by atoms with Gasteiger partial charge in [0.2, 0.25) is 0 Å². The van der Waals surface area contributed by atoms with E-state index in [9.17, 15) is 5.26 Å². The molecule has 0 aliphatic carbocycles. The summed E-state index contributed by atoms with van der Waals surface area (Å²) in [4.78, 5) is 4.39. The zero-order valence-corrected chi connectivity index (χ0v) is 12.2. The lowest BCUT2D eigenvalue weighted by Gasteiger charge is -2.30. The van der Waals surface area contributed by atoms with E-state index in [0.717, 1.165) is 22.6 Å². The van der Waals surface area contributed by atoms with Crippen LogP contribution in [0.2, 0.25) is 0 Å². The first-order valence-electron chi connectivity index (χ1n) is 6.20. The molecule has 1 aliphatic heterocycles. The molecule has 1 aliphatic rings. The molecule has 3 N–H and O–H groups in total. The van der Waals surface area contributed by atoms with Crippen molar-refractivity contribution in [3.8, 4) is 6.07 Å². The van der Waals surface area contributed by atoms with Crippen LogP contribution < -0.4 is 11.3 Å². The van der Waals surface area contributed by atoms with Crippen LogP contribution in [0.3, 0.4) is 0 Å². The number of aromatic nitrogens is 1. The van der Waals surface area contributed by atoms with Crippen molar-refractivity contribution in [2.75, 3.05) is 11.7 Å². The largest absolute Gasteiger partial charge is 0.373 e. The fourth-order valence-electron chi connectivity index (χ4n) is 2.29. The van der Waals surface area contributed by atoms with Gasteiger partial charge in [0.05, 0.1) is 18.3 Å². The Hall–Kier alpha value is -1.29. The Balaban J connectivity index is 2.56. The predicted octanol–water partition coefficient (Wildman–Crippen LogP) is 2.06. The van der Waals surface area contributed by atoms with Crippen LogP contribution in [0.25, 0.3) is 0 Å². The molecule has 0 bridgehead atoms. The summed E-state index contributed by atoms with van der Waals surface area (Å²) in [5.74, 6) is 6.55. The van der Waals surface area contributed by atoms with Crippen LogP contribution in [0.1, 0.15) is 30.5 Å². The fourth-order valence-corrected chi connectivity index (χ4v) is 2.85. The van der Waals surface area contributed by atoms with E-state index in [4.69, 9.17) is 10.6 Å². The first-order chi connectivity index (χ1) is 9.12. The van der Waals surface area contributed by atoms with E-state index in [1.54, 1.807) is 0 Å². The van der Waals surface area contributed by atoms with Crippen LogP contribution in [0.15, 0.2) is 5.03 Å². The van der Waals surface area contributed by atoms with Gasteiger partial charge in [-0.25, -0.2) is 10.8 Å². The molecule has 0 saturated heterocycles. The summed E-state index contributed by atoms with van der Waals surface area (Å²) in [5, 5.41) is 10.1. The summed E-state index contributed by atoms with van der Waals surface area (Å²) in [5.41, 5.74) is 5.21. The topological polar surface area (TPSA) is 84.0 Å². The fraction of sp³-hybridized carbons (Fsp3) is 0.538. The number of pyridine rings is 1. The average Bonchev–Trinajstić information content (AvgIpc) is 2.44. The van der Waals surface area contributed by atoms with Crippen molar-refractivity contribution in [2.45, 2.75) is 38.0 Å². The van der Waals surface area contributed by atoms with Crippen LogP contribution in [-0.2, 0) is 17.8 Å². The van der Waals surface area contributed by atoms with Crippen molar-refractivity contribution < 1.29 is 4.74 Å². The number of nitrogens with two attached hydrogens (primary N) is 1. The highest BCUT2D eigenvalue weighted by molar-refractivity contribution is 7.98. The summed E-state index contributed by atoms with van der Waals surface area (Å²) in [6, 6.07) is 2.28. The zero-order valence-electron chi connectivity index (χ0n) is 11.4. The molecule has 0 amide bonds. The molecule has 102 valence electrons. The predicted molar refractivity (Wildman–Crippen MR) is 75.7 cm³/mol. The van der Waals surface area contributed by atoms with Crippen molar-refractivity contribution in [3.05, 3.63) is 16.7 Å². The molecule has 6 heteroatoms. The highest BCUT2D eigenvalue weighted by Gasteiger charge is 2.28. The van der Waals surface area contributed by atoms with Crippen LogP contribution in [-0.4, -0.2) is 17.3 Å². The van der Waals surface area contributed by atoms with E-state index < -0.39 is 0 Å². The van der Waals surface area contributed by atoms with Gasteiger partial charge in [-0.3, -0.25) is 0 Å². The Morgan fingerprint density at radius 1 is 1.53 bits per heavy atom. The minimum Gasteiger partial charge on any atom is -0.373 e. The van der Waals surface area contributed by atoms with Gasteiger partial charge in [-0.15, -0.1) is 11.8 Å². The molecule has 0 radical (unpaired) electrons. The molecular formula is C13H18N4OS. The third-order valence-corrected chi connectivity index (χ3v) is 4.09. The van der Waals surface area contributed by atoms with Gasteiger partial charge in [0, 0.05) is 12.0 Å². The van der Waals surface area contributed by atoms with Crippen molar-refractivity contribution in [1.82, 2.24) is 4.98 Å². The molecule has 1 aromatic heterocycles. The van der Waals surface area contributed by atoms with Gasteiger partial charge in [-0.1, -0.05) is 13.8 Å². The summed E-state index contributed by atoms with van der Waals surface area (Å²) >= 11 is 1.46. The van der Waals surface area contributed by atoms with E-state index in [0.29, 0.717) is 23.9 Å². The number of nitrogens with zero attached hydrogens (tertiary/aromatic N) is 2. The summed E-state index contributed by atoms with van der Waals surface area (Å²) in [7, 11) is 0. The van der Waals surface area contributed by atoms with Crippen molar-refractivity contribution >= 4 is 17.6 Å². The molecule has 0 spiro atoms. The zero-order chi connectivity index (χ0) is 14.0. The average molecular weight is 278 g/mol. The van der Waals surface area contributed by atoms with Gasteiger partial charge < -0.3 is 10.2 Å². The van der Waals surface area contributed by atoms with Gasteiger partial charge in [-0.2, -0.15) is 5.26 Å². The number of nitrogen functional groups attached to an aromatic ring is 1. The number of nitrogens with one attached hydrogen (secondary N) is 1. The van der Waals surface area contributed by atoms with Crippen LogP contribution in [0.5, 0.6) is 0 Å². The second-order valence-electron chi connectivity index (χ2n) is 4.86. The highest BCUT2D eigenvalue weighted by Crippen LogP contribution is 2.34. The first kappa shape index (κ1) is 14.1. The summed E-state index contributed by atoms with van der Waals surface area (Å²) in [6.07, 6.45) is 2.79. The van der Waals surface area contributed by atoms with Crippen LogP contribution >= 0.6 is 11.8 Å². The molecule has 0 fully saturated rings. The van der Waals surface area contributed by atoms with Gasteiger partial charge in [0.25, 0.3) is 0 Å². The SMILES string of the molecule is CSc1nc(NN)c2c(c1C#N)CC(C(C)C)OC2. The second kappa shape index (κ2) is 5.78. The van der Waals surface area contributed by atoms with Gasteiger partial charge >= 0.3 is 0 Å². The lowest BCUT2D eigenvalue weighted by molar-refractivity contribution is -0.000317. The monoisotopic (exact) mass is 278 g/mol. The van der Waals surface area contributed by atoms with Gasteiger partial charge in [0.15, 0.2) is 0 Å². The van der Waals surface area contributed by atoms with Crippen molar-refractivity contribution in [2.24, 2.45) is 11.8 Å². The molecule has 2 heterocycles. The quantitative estimate of drug-likeness (QED) is 0.500. The van der Waals surface area contributed by atoms with Crippen molar-refractivity contribution in [3.63, 3.8) is 0 Å². The van der Waals surface area contributed by atoms with Crippen LogP contribution in [0, 0.1) is 17.2 Å². The maximum absolute atomic E-state index is 9.40. The summed E-state index contributed by atoms with van der Waals surface area (Å²) < 4.78 is 5.83. The maximum Gasteiger partial charge on any atom is 0.147 e. The molecule has 1 unspecified atom stereocenters. The van der Waals surface area contributed by atoms with Crippen LogP contribution in [0.4, 0.5) is 5.82 Å². The minimum absolute atomic E-state index is 0.141. The third kappa shape index (κ3) is 2.54.